The molecule has 2 aromatic rings. The normalized spacial score (nSPS) is 10.4. The topological polar surface area (TPSA) is 12.9 Å². The molecule has 1 aromatic carbocycles. The third kappa shape index (κ3) is 2.93. The summed E-state index contributed by atoms with van der Waals surface area (Å²) in [5.41, 5.74) is 4.61. The highest BCUT2D eigenvalue weighted by atomic mass is 14.7. The molecule has 0 aliphatic rings. The SMILES string of the molecule is [CH2]c1cc(CCc2ccccc2)cc(C)n1. The van der Waals surface area contributed by atoms with Crippen LogP contribution in [0.15, 0.2) is 42.5 Å². The van der Waals surface area contributed by atoms with E-state index in [-0.39, 0.29) is 0 Å². The molecule has 1 heteroatoms. The largest absolute Gasteiger partial charge is 0.258 e. The van der Waals surface area contributed by atoms with E-state index in [0.717, 1.165) is 24.2 Å². The number of hydrogen-bond donors (Lipinski definition) is 0. The van der Waals surface area contributed by atoms with Gasteiger partial charge in [0.15, 0.2) is 0 Å². The zero-order valence-corrected chi connectivity index (χ0v) is 9.61. The molecule has 0 N–H and O–H groups in total. The molecule has 0 fully saturated rings. The predicted octanol–water partition coefficient (Wildman–Crippen LogP) is 3.36. The van der Waals surface area contributed by atoms with Gasteiger partial charge in [0.25, 0.3) is 0 Å². The minimum atomic E-state index is 0.864. The molecule has 16 heavy (non-hydrogen) atoms. The van der Waals surface area contributed by atoms with E-state index in [1.165, 1.54) is 11.1 Å². The molecule has 0 saturated carbocycles. The van der Waals surface area contributed by atoms with E-state index in [2.05, 4.69) is 48.3 Å². The Labute approximate surface area is 97.2 Å². The van der Waals surface area contributed by atoms with Crippen molar-refractivity contribution in [1.82, 2.24) is 4.98 Å². The summed E-state index contributed by atoms with van der Waals surface area (Å²) in [5, 5.41) is 0. The average Bonchev–Trinajstić information content (AvgIpc) is 2.27. The third-order valence-electron chi connectivity index (χ3n) is 2.61. The Hall–Kier alpha value is -1.63. The Morgan fingerprint density at radius 1 is 1.00 bits per heavy atom. The maximum Gasteiger partial charge on any atom is 0.0413 e. The van der Waals surface area contributed by atoms with Crippen molar-refractivity contribution >= 4 is 0 Å². The fraction of sp³-hybridized carbons (Fsp3) is 0.200. The number of benzene rings is 1. The number of rotatable bonds is 3. The summed E-state index contributed by atoms with van der Waals surface area (Å²) in [6.07, 6.45) is 2.12. The first kappa shape index (κ1) is 10.9. The summed E-state index contributed by atoms with van der Waals surface area (Å²) in [4.78, 5) is 4.28. The Kier molecular flexibility index (Phi) is 3.35. The summed E-state index contributed by atoms with van der Waals surface area (Å²) >= 11 is 0. The van der Waals surface area contributed by atoms with E-state index in [0.29, 0.717) is 0 Å². The van der Waals surface area contributed by atoms with Crippen LogP contribution in [0, 0.1) is 13.8 Å². The Morgan fingerprint density at radius 2 is 1.69 bits per heavy atom. The second kappa shape index (κ2) is 4.93. The summed E-state index contributed by atoms with van der Waals surface area (Å²) < 4.78 is 0. The van der Waals surface area contributed by atoms with Crippen LogP contribution >= 0.6 is 0 Å². The molecule has 1 radical (unpaired) electrons. The van der Waals surface area contributed by atoms with Crippen LogP contribution in [0.1, 0.15) is 22.5 Å². The van der Waals surface area contributed by atoms with Crippen LogP contribution in [-0.4, -0.2) is 4.98 Å². The van der Waals surface area contributed by atoms with Crippen LogP contribution in [-0.2, 0) is 12.8 Å². The van der Waals surface area contributed by atoms with Gasteiger partial charge in [-0.25, -0.2) is 0 Å². The summed E-state index contributed by atoms with van der Waals surface area (Å²) in [6, 6.07) is 14.7. The van der Waals surface area contributed by atoms with Gasteiger partial charge >= 0.3 is 0 Å². The van der Waals surface area contributed by atoms with E-state index < -0.39 is 0 Å². The van der Waals surface area contributed by atoms with E-state index in [4.69, 9.17) is 0 Å². The molecule has 81 valence electrons. The molecule has 1 aromatic heterocycles. The molecule has 0 atom stereocenters. The van der Waals surface area contributed by atoms with Crippen molar-refractivity contribution in [2.75, 3.05) is 0 Å². The molecule has 0 amide bonds. The maximum atomic E-state index is 4.28. The Bertz CT molecular complexity index is 440. The van der Waals surface area contributed by atoms with Crippen LogP contribution in [0.2, 0.25) is 0 Å². The highest BCUT2D eigenvalue weighted by Gasteiger charge is 1.98. The molecular formula is C15H16N. The van der Waals surface area contributed by atoms with E-state index in [1.54, 1.807) is 0 Å². The highest BCUT2D eigenvalue weighted by Crippen LogP contribution is 2.09. The van der Waals surface area contributed by atoms with Crippen LogP contribution in [0.3, 0.4) is 0 Å². The molecule has 0 saturated heterocycles. The van der Waals surface area contributed by atoms with E-state index in [1.807, 2.05) is 13.0 Å². The first-order valence-electron chi connectivity index (χ1n) is 5.57. The summed E-state index contributed by atoms with van der Waals surface area (Å²) in [5.74, 6) is 0. The quantitative estimate of drug-likeness (QED) is 0.757. The van der Waals surface area contributed by atoms with Crippen LogP contribution in [0.25, 0.3) is 0 Å². The maximum absolute atomic E-state index is 4.28. The fourth-order valence-corrected chi connectivity index (χ4v) is 1.89. The molecular weight excluding hydrogens is 194 g/mol. The molecule has 1 heterocycles. The van der Waals surface area contributed by atoms with Crippen molar-refractivity contribution in [2.24, 2.45) is 0 Å². The first-order valence-corrected chi connectivity index (χ1v) is 5.57. The molecule has 0 aliphatic carbocycles. The monoisotopic (exact) mass is 210 g/mol. The standard InChI is InChI=1S/C15H16N/c1-12-10-15(11-13(2)16-12)9-8-14-6-4-3-5-7-14/h3-7,10-11H,1,8-9H2,2H3. The van der Waals surface area contributed by atoms with Crippen LogP contribution in [0.4, 0.5) is 0 Å². The van der Waals surface area contributed by atoms with Crippen molar-refractivity contribution < 1.29 is 0 Å². The van der Waals surface area contributed by atoms with Gasteiger partial charge in [0.1, 0.15) is 0 Å². The Morgan fingerprint density at radius 3 is 2.38 bits per heavy atom. The molecule has 0 spiro atoms. The van der Waals surface area contributed by atoms with Gasteiger partial charge < -0.3 is 0 Å². The van der Waals surface area contributed by atoms with Crippen LogP contribution in [0.5, 0.6) is 0 Å². The third-order valence-corrected chi connectivity index (χ3v) is 2.61. The van der Waals surface area contributed by atoms with Gasteiger partial charge in [0.2, 0.25) is 0 Å². The molecule has 0 bridgehead atoms. The predicted molar refractivity (Wildman–Crippen MR) is 67.3 cm³/mol. The second-order valence-corrected chi connectivity index (χ2v) is 4.09. The van der Waals surface area contributed by atoms with Crippen molar-refractivity contribution in [3.63, 3.8) is 0 Å². The first-order chi connectivity index (χ1) is 7.74. The number of aromatic nitrogens is 1. The molecule has 2 rings (SSSR count). The Balaban J connectivity index is 2.05. The second-order valence-electron chi connectivity index (χ2n) is 4.09. The molecule has 0 aliphatic heterocycles. The highest BCUT2D eigenvalue weighted by molar-refractivity contribution is 5.24. The van der Waals surface area contributed by atoms with Gasteiger partial charge in [-0.1, -0.05) is 30.3 Å². The smallest absolute Gasteiger partial charge is 0.0413 e. The lowest BCUT2D eigenvalue weighted by molar-refractivity contribution is 0.946. The molecule has 1 nitrogen and oxygen atoms in total. The van der Waals surface area contributed by atoms with Gasteiger partial charge in [0, 0.05) is 11.4 Å². The lowest BCUT2D eigenvalue weighted by Gasteiger charge is -2.04. The lowest BCUT2D eigenvalue weighted by atomic mass is 10.0. The van der Waals surface area contributed by atoms with Crippen molar-refractivity contribution in [2.45, 2.75) is 19.8 Å². The van der Waals surface area contributed by atoms with Gasteiger partial charge in [-0.15, -0.1) is 0 Å². The fourth-order valence-electron chi connectivity index (χ4n) is 1.89. The number of nitrogens with zero attached hydrogens (tertiary/aromatic N) is 1. The van der Waals surface area contributed by atoms with Gasteiger partial charge in [-0.05, 0) is 49.9 Å². The van der Waals surface area contributed by atoms with Gasteiger partial charge in [-0.3, -0.25) is 4.98 Å². The van der Waals surface area contributed by atoms with Gasteiger partial charge in [0.05, 0.1) is 0 Å². The average molecular weight is 210 g/mol. The summed E-state index contributed by atoms with van der Waals surface area (Å²) in [7, 11) is 0. The number of aryl methyl sites for hydroxylation is 3. The number of pyridine rings is 1. The number of hydrogen-bond acceptors (Lipinski definition) is 1. The lowest BCUT2D eigenvalue weighted by Crippen LogP contribution is -1.95. The summed E-state index contributed by atoms with van der Waals surface area (Å²) in [6.45, 7) is 5.90. The minimum Gasteiger partial charge on any atom is -0.258 e. The zero-order valence-electron chi connectivity index (χ0n) is 9.61. The molecule has 0 unspecified atom stereocenters. The van der Waals surface area contributed by atoms with Crippen LogP contribution < -0.4 is 0 Å². The van der Waals surface area contributed by atoms with Gasteiger partial charge in [-0.2, -0.15) is 0 Å². The van der Waals surface area contributed by atoms with Crippen molar-refractivity contribution in [3.8, 4) is 0 Å². The van der Waals surface area contributed by atoms with E-state index in [9.17, 15) is 0 Å². The van der Waals surface area contributed by atoms with Crippen molar-refractivity contribution in [1.29, 1.82) is 0 Å². The zero-order chi connectivity index (χ0) is 11.4. The van der Waals surface area contributed by atoms with Crippen molar-refractivity contribution in [3.05, 3.63) is 71.9 Å². The van der Waals surface area contributed by atoms with E-state index >= 15 is 0 Å². The minimum absolute atomic E-state index is 0.864.